The molecule has 0 spiro atoms. The first-order chi connectivity index (χ1) is 27.3. The first-order valence-corrected chi connectivity index (χ1v) is 18.8. The third-order valence-corrected chi connectivity index (χ3v) is 11.0. The fourth-order valence-corrected chi connectivity index (χ4v) is 8.45. The Balaban J connectivity index is 1.02. The van der Waals surface area contributed by atoms with Crippen LogP contribution in [-0.4, -0.2) is 4.57 Å². The van der Waals surface area contributed by atoms with Gasteiger partial charge in [-0.15, -0.1) is 0 Å². The number of para-hydroxylation sites is 4. The van der Waals surface area contributed by atoms with Gasteiger partial charge in [-0.3, -0.25) is 0 Å². The van der Waals surface area contributed by atoms with Gasteiger partial charge >= 0.3 is 0 Å². The lowest BCUT2D eigenvalue weighted by atomic mass is 9.97. The van der Waals surface area contributed by atoms with E-state index in [0.717, 1.165) is 44.6 Å². The number of fused-ring (bicyclic) bond motifs is 7. The van der Waals surface area contributed by atoms with Crippen molar-refractivity contribution in [3.63, 3.8) is 0 Å². The highest BCUT2D eigenvalue weighted by Gasteiger charge is 2.19. The molecule has 0 radical (unpaired) electrons. The zero-order valence-electron chi connectivity index (χ0n) is 29.9. The monoisotopic (exact) mass is 702 g/mol. The molecule has 0 aliphatic carbocycles. The average molecular weight is 703 g/mol. The van der Waals surface area contributed by atoms with E-state index >= 15 is 0 Å². The number of rotatable bonds is 6. The molecule has 0 unspecified atom stereocenters. The van der Waals surface area contributed by atoms with Gasteiger partial charge in [-0.05, 0) is 88.8 Å². The molecule has 11 aromatic rings. The van der Waals surface area contributed by atoms with Crippen molar-refractivity contribution in [3.8, 4) is 27.9 Å². The lowest BCUT2D eigenvalue weighted by Crippen LogP contribution is -2.10. The van der Waals surface area contributed by atoms with Crippen molar-refractivity contribution in [2.75, 3.05) is 4.90 Å². The molecular formula is C52H34N2O. The molecule has 11 rings (SSSR count). The maximum absolute atomic E-state index is 6.22. The summed E-state index contributed by atoms with van der Waals surface area (Å²) >= 11 is 0. The molecule has 55 heavy (non-hydrogen) atoms. The zero-order chi connectivity index (χ0) is 36.3. The van der Waals surface area contributed by atoms with E-state index in [1.54, 1.807) is 0 Å². The van der Waals surface area contributed by atoms with Gasteiger partial charge < -0.3 is 13.9 Å². The van der Waals surface area contributed by atoms with E-state index in [4.69, 9.17) is 4.42 Å². The van der Waals surface area contributed by atoms with E-state index < -0.39 is 0 Å². The maximum atomic E-state index is 6.22. The summed E-state index contributed by atoms with van der Waals surface area (Å²) in [7, 11) is 0. The van der Waals surface area contributed by atoms with Gasteiger partial charge in [-0.1, -0.05) is 140 Å². The molecule has 0 N–H and O–H groups in total. The van der Waals surface area contributed by atoms with Gasteiger partial charge in [0, 0.05) is 43.9 Å². The van der Waals surface area contributed by atoms with Crippen molar-refractivity contribution in [2.45, 2.75) is 0 Å². The largest absolute Gasteiger partial charge is 0.456 e. The minimum absolute atomic E-state index is 0.887. The first kappa shape index (κ1) is 31.2. The van der Waals surface area contributed by atoms with Crippen molar-refractivity contribution in [3.05, 3.63) is 206 Å². The highest BCUT2D eigenvalue weighted by atomic mass is 16.3. The molecule has 0 bridgehead atoms. The number of anilines is 3. The van der Waals surface area contributed by atoms with Crippen LogP contribution in [0.15, 0.2) is 211 Å². The van der Waals surface area contributed by atoms with Crippen LogP contribution in [-0.2, 0) is 0 Å². The predicted molar refractivity (Wildman–Crippen MR) is 231 cm³/mol. The van der Waals surface area contributed by atoms with Gasteiger partial charge in [0.2, 0.25) is 0 Å². The van der Waals surface area contributed by atoms with Gasteiger partial charge in [-0.2, -0.15) is 0 Å². The predicted octanol–water partition coefficient (Wildman–Crippen LogP) is 14.6. The molecule has 0 aliphatic heterocycles. The molecule has 3 nitrogen and oxygen atoms in total. The van der Waals surface area contributed by atoms with Crippen LogP contribution in [0.1, 0.15) is 0 Å². The fraction of sp³-hybridized carbons (Fsp3) is 0. The summed E-state index contributed by atoms with van der Waals surface area (Å²) in [5, 5.41) is 7.14. The number of furan rings is 1. The highest BCUT2D eigenvalue weighted by Crippen LogP contribution is 2.42. The SMILES string of the molecule is c1cc(-c2ccc(N(c3ccc4oc5ccccc5c4c3)c3cccc4ccccc34)cc2)cc(-c2ccccc2-n2c3ccccc3c3ccccc32)c1. The van der Waals surface area contributed by atoms with E-state index in [9.17, 15) is 0 Å². The summed E-state index contributed by atoms with van der Waals surface area (Å²) in [6.07, 6.45) is 0. The normalized spacial score (nSPS) is 11.6. The topological polar surface area (TPSA) is 21.3 Å². The van der Waals surface area contributed by atoms with Crippen molar-refractivity contribution in [2.24, 2.45) is 0 Å². The highest BCUT2D eigenvalue weighted by molar-refractivity contribution is 6.10. The summed E-state index contributed by atoms with van der Waals surface area (Å²) in [5.74, 6) is 0. The standard InChI is InChI=1S/C52H34N2O/c1-2-17-41-36(13-1)14-12-25-47(41)53(40-31-32-52-46(34-40)45-21-6-10-26-51(45)55-52)39-29-27-35(28-30-39)37-15-11-16-38(33-37)42-18-3-7-22-48(42)54-49-23-8-4-19-43(49)44-20-5-9-24-50(44)54/h1-34H. The molecule has 2 aromatic heterocycles. The zero-order valence-corrected chi connectivity index (χ0v) is 29.9. The second-order valence-corrected chi connectivity index (χ2v) is 14.1. The fourth-order valence-electron chi connectivity index (χ4n) is 8.45. The van der Waals surface area contributed by atoms with E-state index in [0.29, 0.717) is 0 Å². The van der Waals surface area contributed by atoms with Crippen LogP contribution in [0.5, 0.6) is 0 Å². The van der Waals surface area contributed by atoms with Crippen LogP contribution in [0.2, 0.25) is 0 Å². The van der Waals surface area contributed by atoms with E-state index in [1.807, 2.05) is 12.1 Å². The second-order valence-electron chi connectivity index (χ2n) is 14.1. The number of hydrogen-bond donors (Lipinski definition) is 0. The Bertz CT molecular complexity index is 3160. The lowest BCUT2D eigenvalue weighted by Gasteiger charge is -2.27. The Morgan fingerprint density at radius 2 is 0.964 bits per heavy atom. The third kappa shape index (κ3) is 5.13. The molecule has 9 aromatic carbocycles. The molecule has 3 heteroatoms. The molecule has 0 saturated heterocycles. The Morgan fingerprint density at radius 3 is 1.78 bits per heavy atom. The second kappa shape index (κ2) is 12.6. The Kier molecular flexibility index (Phi) is 7.17. The van der Waals surface area contributed by atoms with Gasteiger partial charge in [0.05, 0.1) is 22.4 Å². The molecule has 0 aliphatic rings. The number of hydrogen-bond acceptors (Lipinski definition) is 2. The third-order valence-electron chi connectivity index (χ3n) is 11.0. The van der Waals surface area contributed by atoms with Crippen molar-refractivity contribution in [1.82, 2.24) is 4.57 Å². The van der Waals surface area contributed by atoms with Crippen molar-refractivity contribution >= 4 is 71.6 Å². The minimum atomic E-state index is 0.887. The van der Waals surface area contributed by atoms with Crippen LogP contribution in [0.25, 0.3) is 82.5 Å². The van der Waals surface area contributed by atoms with Gasteiger partial charge in [0.15, 0.2) is 0 Å². The van der Waals surface area contributed by atoms with Crippen LogP contribution < -0.4 is 4.90 Å². The lowest BCUT2D eigenvalue weighted by molar-refractivity contribution is 0.669. The van der Waals surface area contributed by atoms with Crippen molar-refractivity contribution in [1.29, 1.82) is 0 Å². The smallest absolute Gasteiger partial charge is 0.135 e. The average Bonchev–Trinajstić information content (AvgIpc) is 3.80. The summed E-state index contributed by atoms with van der Waals surface area (Å²) in [6, 6.07) is 74.0. The van der Waals surface area contributed by atoms with Crippen LogP contribution in [0, 0.1) is 0 Å². The van der Waals surface area contributed by atoms with Gasteiger partial charge in [0.1, 0.15) is 11.2 Å². The molecule has 0 fully saturated rings. The maximum Gasteiger partial charge on any atom is 0.135 e. The number of aromatic nitrogens is 1. The summed E-state index contributed by atoms with van der Waals surface area (Å²) < 4.78 is 8.63. The van der Waals surface area contributed by atoms with Gasteiger partial charge in [-0.25, -0.2) is 0 Å². The first-order valence-electron chi connectivity index (χ1n) is 18.8. The molecule has 0 atom stereocenters. The minimum Gasteiger partial charge on any atom is -0.456 e. The van der Waals surface area contributed by atoms with Crippen LogP contribution in [0.3, 0.4) is 0 Å². The van der Waals surface area contributed by atoms with Crippen LogP contribution in [0.4, 0.5) is 17.1 Å². The summed E-state index contributed by atoms with van der Waals surface area (Å²) in [5.41, 5.74) is 13.4. The summed E-state index contributed by atoms with van der Waals surface area (Å²) in [6.45, 7) is 0. The van der Waals surface area contributed by atoms with Crippen molar-refractivity contribution < 1.29 is 4.42 Å². The Morgan fingerprint density at radius 1 is 0.364 bits per heavy atom. The number of benzene rings is 9. The molecule has 2 heterocycles. The summed E-state index contributed by atoms with van der Waals surface area (Å²) in [4.78, 5) is 2.37. The molecular weight excluding hydrogens is 669 g/mol. The Labute approximate surface area is 318 Å². The quantitative estimate of drug-likeness (QED) is 0.172. The van der Waals surface area contributed by atoms with E-state index in [1.165, 1.54) is 55.0 Å². The van der Waals surface area contributed by atoms with Gasteiger partial charge in [0.25, 0.3) is 0 Å². The molecule has 0 amide bonds. The van der Waals surface area contributed by atoms with Crippen LogP contribution >= 0.6 is 0 Å². The number of nitrogens with zero attached hydrogens (tertiary/aromatic N) is 2. The molecule has 258 valence electrons. The van der Waals surface area contributed by atoms with E-state index in [-0.39, 0.29) is 0 Å². The Hall–Kier alpha value is -7.36. The van der Waals surface area contributed by atoms with E-state index in [2.05, 4.69) is 204 Å². The molecule has 0 saturated carbocycles.